The van der Waals surface area contributed by atoms with Crippen LogP contribution in [0.2, 0.25) is 0 Å². The van der Waals surface area contributed by atoms with Gasteiger partial charge in [0.2, 0.25) is 11.7 Å². The molecule has 1 aliphatic heterocycles. The monoisotopic (exact) mass is 419 g/mol. The van der Waals surface area contributed by atoms with Crippen LogP contribution in [0.5, 0.6) is 5.75 Å². The van der Waals surface area contributed by atoms with Gasteiger partial charge in [0, 0.05) is 24.2 Å². The molecule has 1 atom stereocenters. The van der Waals surface area contributed by atoms with E-state index in [0.717, 1.165) is 36.3 Å². The molecule has 2 heterocycles. The van der Waals surface area contributed by atoms with Crippen LogP contribution in [0.3, 0.4) is 0 Å². The molecule has 0 bridgehead atoms. The summed E-state index contributed by atoms with van der Waals surface area (Å²) >= 11 is 0. The Labute approximate surface area is 183 Å². The van der Waals surface area contributed by atoms with E-state index in [-0.39, 0.29) is 17.2 Å². The van der Waals surface area contributed by atoms with Crippen molar-refractivity contribution in [2.45, 2.75) is 44.9 Å². The first-order valence-electron chi connectivity index (χ1n) is 10.7. The number of amides is 1. The Morgan fingerprint density at radius 1 is 1.16 bits per heavy atom. The third kappa shape index (κ3) is 4.63. The van der Waals surface area contributed by atoms with Crippen molar-refractivity contribution in [1.29, 1.82) is 0 Å². The van der Waals surface area contributed by atoms with E-state index in [1.54, 1.807) is 7.11 Å². The minimum absolute atomic E-state index is 0.0402. The largest absolute Gasteiger partial charge is 0.497 e. The summed E-state index contributed by atoms with van der Waals surface area (Å²) in [4.78, 5) is 19.6. The lowest BCUT2D eigenvalue weighted by molar-refractivity contribution is 0.0695. The maximum absolute atomic E-state index is 13.1. The highest BCUT2D eigenvalue weighted by Gasteiger charge is 2.29. The minimum Gasteiger partial charge on any atom is -0.497 e. The molecule has 162 valence electrons. The fourth-order valence-corrected chi connectivity index (χ4v) is 3.94. The number of hydrogen-bond acceptors (Lipinski definition) is 5. The Morgan fingerprint density at radius 3 is 2.65 bits per heavy atom. The van der Waals surface area contributed by atoms with Crippen molar-refractivity contribution in [3.8, 4) is 17.1 Å². The molecule has 1 fully saturated rings. The highest BCUT2D eigenvalue weighted by Crippen LogP contribution is 2.29. The fraction of sp³-hybridized carbons (Fsp3) is 0.400. The predicted molar refractivity (Wildman–Crippen MR) is 119 cm³/mol. The smallest absolute Gasteiger partial charge is 0.253 e. The molecule has 0 N–H and O–H groups in total. The minimum atomic E-state index is 0.0402. The molecule has 1 aliphatic rings. The van der Waals surface area contributed by atoms with E-state index in [0.29, 0.717) is 18.3 Å². The molecule has 31 heavy (non-hydrogen) atoms. The molecule has 0 saturated carbocycles. The zero-order chi connectivity index (χ0) is 22.0. The molecular formula is C25H29N3O3. The summed E-state index contributed by atoms with van der Waals surface area (Å²) in [7, 11) is 1.63. The Hall–Kier alpha value is -3.15. The van der Waals surface area contributed by atoms with Gasteiger partial charge in [-0.1, -0.05) is 50.2 Å². The van der Waals surface area contributed by atoms with Crippen molar-refractivity contribution in [2.75, 3.05) is 20.2 Å². The number of carbonyl (C=O) groups excluding carboxylic acids is 1. The first-order valence-corrected chi connectivity index (χ1v) is 10.7. The van der Waals surface area contributed by atoms with Gasteiger partial charge in [-0.15, -0.1) is 0 Å². The van der Waals surface area contributed by atoms with Crippen LogP contribution >= 0.6 is 0 Å². The van der Waals surface area contributed by atoms with Crippen molar-refractivity contribution in [3.63, 3.8) is 0 Å². The number of ether oxygens (including phenoxy) is 1. The van der Waals surface area contributed by atoms with Gasteiger partial charge < -0.3 is 14.2 Å². The third-order valence-corrected chi connectivity index (χ3v) is 5.83. The highest BCUT2D eigenvalue weighted by atomic mass is 16.5. The van der Waals surface area contributed by atoms with E-state index < -0.39 is 0 Å². The third-order valence-electron chi connectivity index (χ3n) is 5.83. The van der Waals surface area contributed by atoms with Gasteiger partial charge >= 0.3 is 0 Å². The first kappa shape index (κ1) is 21.1. The molecule has 0 aliphatic carbocycles. The van der Waals surface area contributed by atoms with Crippen LogP contribution in [0.4, 0.5) is 0 Å². The van der Waals surface area contributed by atoms with E-state index in [2.05, 4.69) is 30.9 Å². The van der Waals surface area contributed by atoms with Crippen molar-refractivity contribution in [3.05, 3.63) is 65.5 Å². The summed E-state index contributed by atoms with van der Waals surface area (Å²) in [5.74, 6) is 1.96. The number of carbonyl (C=O) groups is 1. The average Bonchev–Trinajstić information content (AvgIpc) is 3.29. The van der Waals surface area contributed by atoms with Gasteiger partial charge in [-0.05, 0) is 48.1 Å². The summed E-state index contributed by atoms with van der Waals surface area (Å²) in [6.07, 6.45) is 1.83. The first-order chi connectivity index (χ1) is 14.8. The normalized spacial score (nSPS) is 16.9. The lowest BCUT2D eigenvalue weighted by atomic mass is 9.86. The number of hydrogen-bond donors (Lipinski definition) is 0. The van der Waals surface area contributed by atoms with E-state index >= 15 is 0 Å². The molecule has 0 spiro atoms. The molecule has 1 aromatic heterocycles. The quantitative estimate of drug-likeness (QED) is 0.591. The van der Waals surface area contributed by atoms with Gasteiger partial charge in [-0.2, -0.15) is 4.98 Å². The second-order valence-corrected chi connectivity index (χ2v) is 9.11. The molecule has 3 aromatic rings. The van der Waals surface area contributed by atoms with E-state index in [9.17, 15) is 4.79 Å². The molecule has 6 heteroatoms. The fourth-order valence-electron chi connectivity index (χ4n) is 3.94. The molecule has 1 amide bonds. The SMILES string of the molecule is COc1cccc(-c2noc([C@H]3CCCN(C(=O)c4ccc(C(C)(C)C)cc4)C3)n2)c1. The number of aromatic nitrogens is 2. The highest BCUT2D eigenvalue weighted by molar-refractivity contribution is 5.94. The number of benzene rings is 2. The molecule has 0 unspecified atom stereocenters. The van der Waals surface area contributed by atoms with Crippen LogP contribution in [0, 0.1) is 0 Å². The lowest BCUT2D eigenvalue weighted by Crippen LogP contribution is -2.39. The molecule has 2 aromatic carbocycles. The summed E-state index contributed by atoms with van der Waals surface area (Å²) in [5.41, 5.74) is 2.85. The number of methoxy groups -OCH3 is 1. The van der Waals surface area contributed by atoms with Crippen LogP contribution < -0.4 is 4.74 Å². The maximum Gasteiger partial charge on any atom is 0.253 e. The number of likely N-dealkylation sites (tertiary alicyclic amines) is 1. The van der Waals surface area contributed by atoms with E-state index in [1.807, 2.05) is 53.4 Å². The van der Waals surface area contributed by atoms with Crippen LogP contribution in [0.15, 0.2) is 53.1 Å². The van der Waals surface area contributed by atoms with E-state index in [1.165, 1.54) is 5.56 Å². The molecular weight excluding hydrogens is 390 g/mol. The van der Waals surface area contributed by atoms with Gasteiger partial charge in [0.05, 0.1) is 13.0 Å². The summed E-state index contributed by atoms with van der Waals surface area (Å²) in [6, 6.07) is 15.5. The predicted octanol–water partition coefficient (Wildman–Crippen LogP) is 5.06. The Bertz CT molecular complexity index is 1050. The second-order valence-electron chi connectivity index (χ2n) is 9.11. The van der Waals surface area contributed by atoms with Gasteiger partial charge in [-0.3, -0.25) is 4.79 Å². The van der Waals surface area contributed by atoms with Crippen LogP contribution in [0.1, 0.15) is 61.3 Å². The summed E-state index contributed by atoms with van der Waals surface area (Å²) in [6.45, 7) is 7.84. The van der Waals surface area contributed by atoms with Crippen molar-refractivity contribution in [2.24, 2.45) is 0 Å². The second kappa shape index (κ2) is 8.53. The van der Waals surface area contributed by atoms with Gasteiger partial charge in [0.1, 0.15) is 5.75 Å². The van der Waals surface area contributed by atoms with Crippen molar-refractivity contribution in [1.82, 2.24) is 15.0 Å². The van der Waals surface area contributed by atoms with Gasteiger partial charge in [-0.25, -0.2) is 0 Å². The summed E-state index contributed by atoms with van der Waals surface area (Å²) < 4.78 is 10.9. The summed E-state index contributed by atoms with van der Waals surface area (Å²) in [5, 5.41) is 4.15. The topological polar surface area (TPSA) is 68.5 Å². The zero-order valence-corrected chi connectivity index (χ0v) is 18.6. The van der Waals surface area contributed by atoms with Crippen LogP contribution in [-0.4, -0.2) is 41.1 Å². The van der Waals surface area contributed by atoms with Crippen LogP contribution in [0.25, 0.3) is 11.4 Å². The number of nitrogens with zero attached hydrogens (tertiary/aromatic N) is 3. The number of piperidine rings is 1. The van der Waals surface area contributed by atoms with Gasteiger partial charge in [0.25, 0.3) is 5.91 Å². The molecule has 6 nitrogen and oxygen atoms in total. The average molecular weight is 420 g/mol. The maximum atomic E-state index is 13.1. The van der Waals surface area contributed by atoms with Gasteiger partial charge in [0.15, 0.2) is 0 Å². The zero-order valence-electron chi connectivity index (χ0n) is 18.6. The van der Waals surface area contributed by atoms with Crippen molar-refractivity contribution < 1.29 is 14.1 Å². The van der Waals surface area contributed by atoms with Crippen LogP contribution in [-0.2, 0) is 5.41 Å². The molecule has 1 saturated heterocycles. The molecule has 0 radical (unpaired) electrons. The Balaban J connectivity index is 1.47. The van der Waals surface area contributed by atoms with E-state index in [4.69, 9.17) is 9.26 Å². The number of rotatable bonds is 4. The lowest BCUT2D eigenvalue weighted by Gasteiger charge is -2.31. The Morgan fingerprint density at radius 2 is 1.94 bits per heavy atom. The van der Waals surface area contributed by atoms with Crippen molar-refractivity contribution >= 4 is 5.91 Å². The standard InChI is InChI=1S/C25H29N3O3/c1-25(2,3)20-12-10-17(11-13-20)24(29)28-14-6-8-19(16-28)23-26-22(27-31-23)18-7-5-9-21(15-18)30-4/h5,7,9-13,15,19H,6,8,14,16H2,1-4H3/t19-/m0/s1. The Kier molecular flexibility index (Phi) is 5.81. The molecule has 4 rings (SSSR count).